The number of hydrogen-bond donors (Lipinski definition) is 2. The lowest BCUT2D eigenvalue weighted by Crippen LogP contribution is -2.39. The van der Waals surface area contributed by atoms with Crippen LogP contribution in [0.3, 0.4) is 0 Å². The molecule has 0 radical (unpaired) electrons. The Balaban J connectivity index is 2.00. The number of carbonyl (C=O) groups is 1. The Morgan fingerprint density at radius 3 is 2.83 bits per heavy atom. The molecule has 0 spiro atoms. The standard InChI is InChI=1S/C13H18N4O/c1-7-4-10(18)5-11(14-7)12-9(3)17-6-8(2)15-13(17)16-12/h6-7,11,14H,4-5H2,1-3H3,(H,15,16). The Bertz CT molecular complexity index is 610. The number of H-pyrrole nitrogens is 1. The maximum Gasteiger partial charge on any atom is 0.211 e. The highest BCUT2D eigenvalue weighted by atomic mass is 16.1. The summed E-state index contributed by atoms with van der Waals surface area (Å²) in [5.41, 5.74) is 3.18. The lowest BCUT2D eigenvalue weighted by molar-refractivity contribution is -0.121. The molecule has 2 N–H and O–H groups in total. The molecule has 3 heterocycles. The summed E-state index contributed by atoms with van der Waals surface area (Å²) in [6.07, 6.45) is 3.21. The number of rotatable bonds is 1. The fraction of sp³-hybridized carbons (Fsp3) is 0.538. The van der Waals surface area contributed by atoms with Gasteiger partial charge in [-0.05, 0) is 20.8 Å². The van der Waals surface area contributed by atoms with Crippen LogP contribution in [0, 0.1) is 13.8 Å². The molecule has 1 saturated heterocycles. The summed E-state index contributed by atoms with van der Waals surface area (Å²) in [5, 5.41) is 3.46. The van der Waals surface area contributed by atoms with Crippen molar-refractivity contribution in [2.24, 2.45) is 0 Å². The molecule has 0 bridgehead atoms. The summed E-state index contributed by atoms with van der Waals surface area (Å²) in [5.74, 6) is 1.17. The maximum absolute atomic E-state index is 11.7. The van der Waals surface area contributed by atoms with Crippen LogP contribution in [0.2, 0.25) is 0 Å². The van der Waals surface area contributed by atoms with Gasteiger partial charge in [0, 0.05) is 36.5 Å². The highest BCUT2D eigenvalue weighted by Gasteiger charge is 2.28. The Morgan fingerprint density at radius 1 is 1.39 bits per heavy atom. The van der Waals surface area contributed by atoms with Gasteiger partial charge in [0.05, 0.1) is 11.7 Å². The fourth-order valence-corrected chi connectivity index (χ4v) is 2.80. The number of fused-ring (bicyclic) bond motifs is 1. The van der Waals surface area contributed by atoms with Crippen LogP contribution < -0.4 is 5.32 Å². The number of piperidine rings is 1. The van der Waals surface area contributed by atoms with Gasteiger partial charge in [-0.15, -0.1) is 0 Å². The van der Waals surface area contributed by atoms with E-state index in [4.69, 9.17) is 0 Å². The van der Waals surface area contributed by atoms with Crippen LogP contribution in [0.5, 0.6) is 0 Å². The third-order valence-electron chi connectivity index (χ3n) is 3.60. The molecule has 18 heavy (non-hydrogen) atoms. The minimum atomic E-state index is 0.0508. The summed E-state index contributed by atoms with van der Waals surface area (Å²) in [6.45, 7) is 6.11. The van der Waals surface area contributed by atoms with Gasteiger partial charge >= 0.3 is 0 Å². The second-order valence-electron chi connectivity index (χ2n) is 5.28. The first-order valence-electron chi connectivity index (χ1n) is 6.36. The molecule has 2 aromatic heterocycles. The van der Waals surface area contributed by atoms with E-state index in [1.807, 2.05) is 27.0 Å². The molecule has 1 aliphatic rings. The number of ketones is 1. The zero-order valence-corrected chi connectivity index (χ0v) is 10.9. The largest absolute Gasteiger partial charge is 0.328 e. The number of hydrogen-bond acceptors (Lipinski definition) is 3. The van der Waals surface area contributed by atoms with Crippen molar-refractivity contribution in [1.82, 2.24) is 19.7 Å². The van der Waals surface area contributed by atoms with Gasteiger partial charge in [0.25, 0.3) is 0 Å². The smallest absolute Gasteiger partial charge is 0.211 e. The molecule has 96 valence electrons. The number of carbonyl (C=O) groups excluding carboxylic acids is 1. The quantitative estimate of drug-likeness (QED) is 0.804. The van der Waals surface area contributed by atoms with Crippen LogP contribution in [0.4, 0.5) is 0 Å². The van der Waals surface area contributed by atoms with Crippen molar-refractivity contribution < 1.29 is 4.79 Å². The number of aromatic amines is 1. The number of nitrogens with one attached hydrogen (secondary N) is 2. The summed E-state index contributed by atoms with van der Waals surface area (Å²) in [6, 6.07) is 0.285. The maximum atomic E-state index is 11.7. The molecule has 0 aliphatic carbocycles. The monoisotopic (exact) mass is 246 g/mol. The molecular weight excluding hydrogens is 228 g/mol. The van der Waals surface area contributed by atoms with Crippen molar-refractivity contribution in [2.45, 2.75) is 45.7 Å². The van der Waals surface area contributed by atoms with Gasteiger partial charge in [-0.2, -0.15) is 0 Å². The molecule has 1 aliphatic heterocycles. The second-order valence-corrected chi connectivity index (χ2v) is 5.28. The summed E-state index contributed by atoms with van der Waals surface area (Å²) < 4.78 is 2.05. The van der Waals surface area contributed by atoms with Crippen molar-refractivity contribution >= 4 is 11.6 Å². The van der Waals surface area contributed by atoms with Crippen LogP contribution in [-0.4, -0.2) is 26.2 Å². The van der Waals surface area contributed by atoms with E-state index in [9.17, 15) is 4.79 Å². The van der Waals surface area contributed by atoms with Crippen molar-refractivity contribution in [3.63, 3.8) is 0 Å². The average molecular weight is 246 g/mol. The number of aryl methyl sites for hydroxylation is 2. The molecule has 1 fully saturated rings. The van der Waals surface area contributed by atoms with E-state index in [0.29, 0.717) is 18.6 Å². The Labute approximate surface area is 106 Å². The lowest BCUT2D eigenvalue weighted by Gasteiger charge is -2.27. The summed E-state index contributed by atoms with van der Waals surface area (Å²) in [7, 11) is 0. The minimum Gasteiger partial charge on any atom is -0.328 e. The first kappa shape index (κ1) is 11.5. The zero-order chi connectivity index (χ0) is 12.9. The van der Waals surface area contributed by atoms with E-state index in [2.05, 4.69) is 19.7 Å². The number of aromatic nitrogens is 3. The minimum absolute atomic E-state index is 0.0508. The van der Waals surface area contributed by atoms with Gasteiger partial charge in [-0.25, -0.2) is 4.98 Å². The van der Waals surface area contributed by atoms with Gasteiger partial charge < -0.3 is 10.3 Å². The average Bonchev–Trinajstić information content (AvgIpc) is 2.76. The fourth-order valence-electron chi connectivity index (χ4n) is 2.80. The first-order valence-corrected chi connectivity index (χ1v) is 6.36. The molecule has 0 amide bonds. The third-order valence-corrected chi connectivity index (χ3v) is 3.60. The van der Waals surface area contributed by atoms with Crippen LogP contribution in [0.25, 0.3) is 5.78 Å². The zero-order valence-electron chi connectivity index (χ0n) is 10.9. The number of Topliss-reactive ketones (excluding diaryl/α,β-unsaturated/α-hetero) is 1. The van der Waals surface area contributed by atoms with E-state index in [-0.39, 0.29) is 12.1 Å². The molecule has 0 saturated carbocycles. The van der Waals surface area contributed by atoms with E-state index in [0.717, 1.165) is 22.9 Å². The Hall–Kier alpha value is -1.62. The van der Waals surface area contributed by atoms with Crippen molar-refractivity contribution in [2.75, 3.05) is 0 Å². The molecule has 2 atom stereocenters. The van der Waals surface area contributed by atoms with Gasteiger partial charge in [0.1, 0.15) is 5.78 Å². The van der Waals surface area contributed by atoms with E-state index in [1.165, 1.54) is 0 Å². The molecule has 2 aromatic rings. The van der Waals surface area contributed by atoms with E-state index in [1.54, 1.807) is 0 Å². The SMILES string of the molecule is Cc1cn2c(C)c(C3CC(=O)CC(C)N3)nc2[nH]1. The van der Waals surface area contributed by atoms with Gasteiger partial charge in [0.2, 0.25) is 5.78 Å². The molecule has 3 rings (SSSR count). The Kier molecular flexibility index (Phi) is 2.52. The van der Waals surface area contributed by atoms with E-state index < -0.39 is 0 Å². The third kappa shape index (κ3) is 1.75. The van der Waals surface area contributed by atoms with Gasteiger partial charge in [0.15, 0.2) is 0 Å². The lowest BCUT2D eigenvalue weighted by atomic mass is 9.95. The highest BCUT2D eigenvalue weighted by Crippen LogP contribution is 2.26. The normalized spacial score (nSPS) is 24.9. The van der Waals surface area contributed by atoms with Crippen LogP contribution in [-0.2, 0) is 4.79 Å². The number of nitrogens with zero attached hydrogens (tertiary/aromatic N) is 2. The van der Waals surface area contributed by atoms with Crippen molar-refractivity contribution in [1.29, 1.82) is 0 Å². The van der Waals surface area contributed by atoms with Gasteiger partial charge in [-0.3, -0.25) is 9.20 Å². The second kappa shape index (κ2) is 3.95. The molecule has 2 unspecified atom stereocenters. The molecular formula is C13H18N4O. The highest BCUT2D eigenvalue weighted by molar-refractivity contribution is 5.80. The Morgan fingerprint density at radius 2 is 2.17 bits per heavy atom. The predicted octanol–water partition coefficient (Wildman–Crippen LogP) is 1.66. The number of imidazole rings is 2. The van der Waals surface area contributed by atoms with Crippen LogP contribution in [0.1, 0.15) is 42.9 Å². The van der Waals surface area contributed by atoms with Crippen molar-refractivity contribution in [3.05, 3.63) is 23.3 Å². The predicted molar refractivity (Wildman–Crippen MR) is 68.6 cm³/mol. The van der Waals surface area contributed by atoms with Crippen LogP contribution in [0.15, 0.2) is 6.20 Å². The summed E-state index contributed by atoms with van der Waals surface area (Å²) in [4.78, 5) is 19.5. The molecule has 5 heteroatoms. The topological polar surface area (TPSA) is 62.2 Å². The molecule has 0 aromatic carbocycles. The molecule has 5 nitrogen and oxygen atoms in total. The first-order chi connectivity index (χ1) is 8.54. The van der Waals surface area contributed by atoms with Gasteiger partial charge in [-0.1, -0.05) is 0 Å². The van der Waals surface area contributed by atoms with Crippen molar-refractivity contribution in [3.8, 4) is 0 Å². The van der Waals surface area contributed by atoms with E-state index >= 15 is 0 Å². The summed E-state index contributed by atoms with van der Waals surface area (Å²) >= 11 is 0. The van der Waals surface area contributed by atoms with Crippen LogP contribution >= 0.6 is 0 Å².